The van der Waals surface area contributed by atoms with Gasteiger partial charge in [0, 0.05) is 17.7 Å². The number of hydrogen-bond donors (Lipinski definition) is 1. The fraction of sp³-hybridized carbons (Fsp3) is 0.133. The molecule has 0 aliphatic carbocycles. The van der Waals surface area contributed by atoms with Crippen LogP contribution in [0.3, 0.4) is 0 Å². The molecule has 3 aromatic rings. The van der Waals surface area contributed by atoms with Crippen LogP contribution in [0, 0.1) is 0 Å². The van der Waals surface area contributed by atoms with Gasteiger partial charge in [-0.15, -0.1) is 10.2 Å². The highest BCUT2D eigenvalue weighted by Crippen LogP contribution is 2.20. The zero-order valence-corrected chi connectivity index (χ0v) is 12.0. The van der Waals surface area contributed by atoms with Crippen LogP contribution in [0.25, 0.3) is 11.5 Å². The number of benzene rings is 1. The SMILES string of the molecule is O=C(CCc1ccsc1)Nc1cccc(-c2nnco2)c1. The van der Waals surface area contributed by atoms with Crippen molar-refractivity contribution in [3.8, 4) is 11.5 Å². The zero-order valence-electron chi connectivity index (χ0n) is 11.2. The molecule has 1 N–H and O–H groups in total. The molecule has 3 rings (SSSR count). The summed E-state index contributed by atoms with van der Waals surface area (Å²) in [6.07, 6.45) is 2.49. The van der Waals surface area contributed by atoms with Crippen LogP contribution in [0.1, 0.15) is 12.0 Å². The summed E-state index contributed by atoms with van der Waals surface area (Å²) in [5.74, 6) is 0.424. The summed E-state index contributed by atoms with van der Waals surface area (Å²) in [6.45, 7) is 0. The van der Waals surface area contributed by atoms with Crippen LogP contribution in [-0.2, 0) is 11.2 Å². The predicted octanol–water partition coefficient (Wildman–Crippen LogP) is 3.37. The summed E-state index contributed by atoms with van der Waals surface area (Å²) >= 11 is 1.64. The number of aromatic nitrogens is 2. The number of aryl methyl sites for hydroxylation is 1. The molecule has 0 atom stereocenters. The first-order valence-electron chi connectivity index (χ1n) is 6.49. The molecule has 0 saturated heterocycles. The normalized spacial score (nSPS) is 10.5. The van der Waals surface area contributed by atoms with Gasteiger partial charge in [0.05, 0.1) is 0 Å². The summed E-state index contributed by atoms with van der Waals surface area (Å²) in [5.41, 5.74) is 2.69. The van der Waals surface area contributed by atoms with E-state index in [2.05, 4.69) is 20.9 Å². The van der Waals surface area contributed by atoms with Crippen molar-refractivity contribution in [1.29, 1.82) is 0 Å². The Labute approximate surface area is 125 Å². The minimum absolute atomic E-state index is 0.0103. The molecule has 0 aliphatic heterocycles. The van der Waals surface area contributed by atoms with Gasteiger partial charge in [-0.3, -0.25) is 4.79 Å². The lowest BCUT2D eigenvalue weighted by Gasteiger charge is -2.05. The fourth-order valence-electron chi connectivity index (χ4n) is 1.95. The Kier molecular flexibility index (Phi) is 4.07. The first-order valence-corrected chi connectivity index (χ1v) is 7.43. The Hall–Kier alpha value is -2.47. The topological polar surface area (TPSA) is 68.0 Å². The highest BCUT2D eigenvalue weighted by atomic mass is 32.1. The summed E-state index contributed by atoms with van der Waals surface area (Å²) in [6, 6.07) is 9.38. The molecule has 2 aromatic heterocycles. The Morgan fingerprint density at radius 2 is 2.29 bits per heavy atom. The molecule has 0 aliphatic rings. The number of carbonyl (C=O) groups excluding carboxylic acids is 1. The monoisotopic (exact) mass is 299 g/mol. The van der Waals surface area contributed by atoms with Crippen molar-refractivity contribution in [1.82, 2.24) is 10.2 Å². The van der Waals surface area contributed by atoms with E-state index in [1.807, 2.05) is 35.7 Å². The number of carbonyl (C=O) groups is 1. The molecule has 0 fully saturated rings. The minimum Gasteiger partial charge on any atom is -0.423 e. The van der Waals surface area contributed by atoms with Gasteiger partial charge in [-0.25, -0.2) is 0 Å². The molecule has 2 heterocycles. The maximum absolute atomic E-state index is 11.9. The van der Waals surface area contributed by atoms with E-state index in [4.69, 9.17) is 4.42 Å². The first-order chi connectivity index (χ1) is 10.3. The van der Waals surface area contributed by atoms with E-state index in [-0.39, 0.29) is 5.91 Å². The van der Waals surface area contributed by atoms with Crippen molar-refractivity contribution in [2.24, 2.45) is 0 Å². The third kappa shape index (κ3) is 3.55. The number of hydrogen-bond acceptors (Lipinski definition) is 5. The van der Waals surface area contributed by atoms with Crippen molar-refractivity contribution < 1.29 is 9.21 Å². The summed E-state index contributed by atoms with van der Waals surface area (Å²) in [5, 5.41) is 14.4. The van der Waals surface area contributed by atoms with Crippen molar-refractivity contribution in [3.63, 3.8) is 0 Å². The molecular weight excluding hydrogens is 286 g/mol. The van der Waals surface area contributed by atoms with Gasteiger partial charge in [-0.1, -0.05) is 6.07 Å². The molecule has 1 aromatic carbocycles. The van der Waals surface area contributed by atoms with E-state index < -0.39 is 0 Å². The number of nitrogens with one attached hydrogen (secondary N) is 1. The van der Waals surface area contributed by atoms with E-state index in [0.29, 0.717) is 12.3 Å². The number of nitrogens with zero attached hydrogens (tertiary/aromatic N) is 2. The van der Waals surface area contributed by atoms with E-state index in [1.165, 1.54) is 12.0 Å². The lowest BCUT2D eigenvalue weighted by molar-refractivity contribution is -0.116. The number of anilines is 1. The molecule has 21 heavy (non-hydrogen) atoms. The summed E-state index contributed by atoms with van der Waals surface area (Å²) in [7, 11) is 0. The van der Waals surface area contributed by atoms with Crippen molar-refractivity contribution in [2.75, 3.05) is 5.32 Å². The van der Waals surface area contributed by atoms with Gasteiger partial charge in [0.2, 0.25) is 18.2 Å². The standard InChI is InChI=1S/C15H13N3O2S/c19-14(5-4-11-6-7-21-9-11)17-13-3-1-2-12(8-13)15-18-16-10-20-15/h1-3,6-10H,4-5H2,(H,17,19). The van der Waals surface area contributed by atoms with Crippen molar-refractivity contribution in [3.05, 3.63) is 53.0 Å². The van der Waals surface area contributed by atoms with Crippen LogP contribution in [0.2, 0.25) is 0 Å². The highest BCUT2D eigenvalue weighted by Gasteiger charge is 2.07. The van der Waals surface area contributed by atoms with E-state index in [0.717, 1.165) is 17.7 Å². The molecule has 1 amide bonds. The van der Waals surface area contributed by atoms with Gasteiger partial charge < -0.3 is 9.73 Å². The van der Waals surface area contributed by atoms with Crippen molar-refractivity contribution in [2.45, 2.75) is 12.8 Å². The third-order valence-electron chi connectivity index (χ3n) is 2.97. The molecule has 0 radical (unpaired) electrons. The Balaban J connectivity index is 1.62. The van der Waals surface area contributed by atoms with E-state index >= 15 is 0 Å². The molecule has 5 nitrogen and oxygen atoms in total. The van der Waals surface area contributed by atoms with Crippen molar-refractivity contribution >= 4 is 22.9 Å². The Bertz CT molecular complexity index is 708. The third-order valence-corrected chi connectivity index (χ3v) is 3.71. The lowest BCUT2D eigenvalue weighted by atomic mass is 10.1. The van der Waals surface area contributed by atoms with E-state index in [1.54, 1.807) is 11.3 Å². The molecule has 0 saturated carbocycles. The smallest absolute Gasteiger partial charge is 0.247 e. The number of amides is 1. The molecule has 0 spiro atoms. The molecule has 106 valence electrons. The molecule has 0 unspecified atom stereocenters. The van der Waals surface area contributed by atoms with Crippen LogP contribution in [0.4, 0.5) is 5.69 Å². The van der Waals surface area contributed by atoms with Gasteiger partial charge >= 0.3 is 0 Å². The minimum atomic E-state index is -0.0103. The number of rotatable bonds is 5. The maximum Gasteiger partial charge on any atom is 0.247 e. The Morgan fingerprint density at radius 3 is 3.05 bits per heavy atom. The fourth-order valence-corrected chi connectivity index (χ4v) is 2.65. The van der Waals surface area contributed by atoms with Crippen LogP contribution in [0.5, 0.6) is 0 Å². The largest absolute Gasteiger partial charge is 0.423 e. The highest BCUT2D eigenvalue weighted by molar-refractivity contribution is 7.07. The average molecular weight is 299 g/mol. The van der Waals surface area contributed by atoms with Crippen LogP contribution in [-0.4, -0.2) is 16.1 Å². The van der Waals surface area contributed by atoms with E-state index in [9.17, 15) is 4.79 Å². The average Bonchev–Trinajstić information content (AvgIpc) is 3.19. The quantitative estimate of drug-likeness (QED) is 0.784. The van der Waals surface area contributed by atoms with Crippen LogP contribution >= 0.6 is 11.3 Å². The summed E-state index contributed by atoms with van der Waals surface area (Å²) < 4.78 is 5.14. The maximum atomic E-state index is 11.9. The van der Waals surface area contributed by atoms with Gasteiger partial charge in [-0.05, 0) is 47.0 Å². The zero-order chi connectivity index (χ0) is 14.5. The second-order valence-corrected chi connectivity index (χ2v) is 5.28. The summed E-state index contributed by atoms with van der Waals surface area (Å²) in [4.78, 5) is 11.9. The predicted molar refractivity (Wildman–Crippen MR) is 81.0 cm³/mol. The van der Waals surface area contributed by atoms with Gasteiger partial charge in [0.15, 0.2) is 0 Å². The molecule has 0 bridgehead atoms. The van der Waals surface area contributed by atoms with Crippen LogP contribution in [0.15, 0.2) is 51.9 Å². The van der Waals surface area contributed by atoms with Gasteiger partial charge in [-0.2, -0.15) is 11.3 Å². The van der Waals surface area contributed by atoms with Gasteiger partial charge in [0.1, 0.15) is 0 Å². The first kappa shape index (κ1) is 13.5. The molecular formula is C15H13N3O2S. The second kappa shape index (κ2) is 6.32. The number of thiophene rings is 1. The van der Waals surface area contributed by atoms with Gasteiger partial charge in [0.25, 0.3) is 0 Å². The molecule has 6 heteroatoms. The Morgan fingerprint density at radius 1 is 1.33 bits per heavy atom. The van der Waals surface area contributed by atoms with Crippen LogP contribution < -0.4 is 5.32 Å². The second-order valence-electron chi connectivity index (χ2n) is 4.50. The lowest BCUT2D eigenvalue weighted by Crippen LogP contribution is -2.12.